The second-order valence-electron chi connectivity index (χ2n) is 29.7. The SMILES string of the molecule is CC(C)[C@H](NC(=O)[C@H](CCC(=O)O)NC(=O)[C@H](Cc1ccccc1)NC(=O)[C@@H](C)NC(=O)[C@@H](N)Cc1ccc(O)cc1)C(=O)N[C@H](C(=O)NCC(=O)NCCCCNC(=O)CNC(=O)[C@@H](NC(=O)[C@@H](NC(=O)[C@H](CCC(=O)O)NC(=O)[C@H](Cc1ccccc1)NC(=O)[C@@H](C)NC(=O)[C@@H](N)Cc1ccc(O)cc1)C(C)C)C(C)C)C(C)C. The molecule has 0 heterocycles. The van der Waals surface area contributed by atoms with Gasteiger partial charge in [0, 0.05) is 38.8 Å². The number of hydrogen-bond donors (Lipinski definition) is 20. The topological polar surface area (TPSA) is 574 Å². The number of hydrogen-bond acceptors (Lipinski definition) is 20. The number of carbonyl (C=O) groups is 16. The average Bonchev–Trinajstić information content (AvgIpc) is 0.852. The number of unbranched alkanes of at least 4 members (excludes halogenated alkanes) is 1. The maximum Gasteiger partial charge on any atom is 0.303 e. The molecule has 0 saturated heterocycles. The maximum absolute atomic E-state index is 14.2. The Morgan fingerprint density at radius 2 is 0.578 bits per heavy atom. The highest BCUT2D eigenvalue weighted by molar-refractivity contribution is 5.99. The zero-order chi connectivity index (χ0) is 86.5. The summed E-state index contributed by atoms with van der Waals surface area (Å²) < 4.78 is 0. The number of rotatable bonds is 49. The van der Waals surface area contributed by atoms with Gasteiger partial charge < -0.3 is 106 Å². The molecule has 4 aromatic rings. The summed E-state index contributed by atoms with van der Waals surface area (Å²) in [6, 6.07) is 13.2. The molecule has 14 amide bonds. The fraction of sp³-hybridized carbons (Fsp3) is 0.500. The summed E-state index contributed by atoms with van der Waals surface area (Å²) in [6.45, 7) is 14.7. The minimum atomic E-state index is -1.58. The molecule has 22 N–H and O–H groups in total. The fourth-order valence-electron chi connectivity index (χ4n) is 11.6. The second-order valence-corrected chi connectivity index (χ2v) is 29.7. The van der Waals surface area contributed by atoms with E-state index in [2.05, 4.69) is 74.4 Å². The van der Waals surface area contributed by atoms with E-state index in [1.165, 1.54) is 38.1 Å². The Hall–Kier alpha value is -12.1. The van der Waals surface area contributed by atoms with Gasteiger partial charge in [0.1, 0.15) is 71.9 Å². The lowest BCUT2D eigenvalue weighted by Gasteiger charge is -2.29. The van der Waals surface area contributed by atoms with Crippen LogP contribution in [-0.2, 0) is 102 Å². The molecule has 12 atom stereocenters. The van der Waals surface area contributed by atoms with Crippen molar-refractivity contribution in [1.82, 2.24) is 74.4 Å². The number of nitrogens with one attached hydrogen (secondary N) is 14. The van der Waals surface area contributed by atoms with Crippen LogP contribution >= 0.6 is 0 Å². The summed E-state index contributed by atoms with van der Waals surface area (Å²) in [7, 11) is 0. The number of carboxylic acid groups (broad SMARTS) is 2. The summed E-state index contributed by atoms with van der Waals surface area (Å²) in [5, 5.41) is 74.5. The zero-order valence-corrected chi connectivity index (χ0v) is 67.0. The number of carbonyl (C=O) groups excluding carboxylic acids is 14. The smallest absolute Gasteiger partial charge is 0.303 e. The summed E-state index contributed by atoms with van der Waals surface area (Å²) in [6.07, 6.45) is -1.58. The number of aromatic hydroxyl groups is 2. The molecule has 36 heteroatoms. The third-order valence-corrected chi connectivity index (χ3v) is 18.4. The molecule has 0 aliphatic carbocycles. The highest BCUT2D eigenvalue weighted by Crippen LogP contribution is 2.17. The molecule has 0 saturated carbocycles. The van der Waals surface area contributed by atoms with Crippen LogP contribution in [0.3, 0.4) is 0 Å². The largest absolute Gasteiger partial charge is 0.508 e. The van der Waals surface area contributed by atoms with Gasteiger partial charge in [0.15, 0.2) is 0 Å². The first-order valence-corrected chi connectivity index (χ1v) is 38.4. The third-order valence-electron chi connectivity index (χ3n) is 18.4. The Morgan fingerprint density at radius 1 is 0.302 bits per heavy atom. The number of amides is 14. The lowest BCUT2D eigenvalue weighted by atomic mass is 9.99. The van der Waals surface area contributed by atoms with Crippen molar-refractivity contribution in [2.45, 2.75) is 206 Å². The van der Waals surface area contributed by atoms with Gasteiger partial charge in [-0.05, 0) is 123 Å². The minimum absolute atomic E-state index is 0.0161. The van der Waals surface area contributed by atoms with E-state index < -0.39 is 230 Å². The molecule has 634 valence electrons. The van der Waals surface area contributed by atoms with Crippen molar-refractivity contribution in [2.75, 3.05) is 26.2 Å². The van der Waals surface area contributed by atoms with Crippen molar-refractivity contribution in [3.05, 3.63) is 131 Å². The van der Waals surface area contributed by atoms with Crippen LogP contribution in [0.2, 0.25) is 0 Å². The Kier molecular flexibility index (Phi) is 40.6. The normalized spacial score (nSPS) is 14.2. The van der Waals surface area contributed by atoms with Crippen molar-refractivity contribution in [3.8, 4) is 11.5 Å². The molecule has 0 unspecified atom stereocenters. The van der Waals surface area contributed by atoms with Gasteiger partial charge in [0.2, 0.25) is 82.7 Å². The van der Waals surface area contributed by atoms with Crippen LogP contribution < -0.4 is 85.9 Å². The van der Waals surface area contributed by atoms with Crippen LogP contribution in [0.5, 0.6) is 11.5 Å². The quantitative estimate of drug-likeness (QED) is 0.0224. The van der Waals surface area contributed by atoms with E-state index in [-0.39, 0.29) is 50.3 Å². The average molecular weight is 1620 g/mol. The van der Waals surface area contributed by atoms with E-state index in [1.54, 1.807) is 140 Å². The lowest BCUT2D eigenvalue weighted by molar-refractivity contribution is -0.139. The summed E-state index contributed by atoms with van der Waals surface area (Å²) in [5.74, 6) is -16.2. The first-order valence-electron chi connectivity index (χ1n) is 38.4. The van der Waals surface area contributed by atoms with Crippen LogP contribution in [-0.4, -0.2) is 214 Å². The second kappa shape index (κ2) is 48.9. The van der Waals surface area contributed by atoms with Gasteiger partial charge in [-0.1, -0.05) is 140 Å². The van der Waals surface area contributed by atoms with Crippen molar-refractivity contribution in [2.24, 2.45) is 35.1 Å². The molecular formula is C80H114N16O20. The summed E-state index contributed by atoms with van der Waals surface area (Å²) in [5.41, 5.74) is 14.7. The molecule has 0 bridgehead atoms. The standard InChI is InChI=1S/C80H114N16O20/c1-43(2)65(95-79(115)67(45(5)6)93-73(109)57(31-33-63(101)102)89-75(111)59(39-49-19-13-11-14-20-49)91-69(105)47(9)87-71(107)55(81)37-51-23-27-53(97)28-24-51)77(113)85-41-61(99)83-35-17-18-36-84-62(100)42-86-78(114)66(44(3)4)96-80(116)68(46(7)8)94-74(110)58(32-34-64(103)104)90-76(112)60(40-50-21-15-12-16-22-50)92-70(106)48(10)88-72(108)56(82)38-52-25-29-54(98)30-26-52/h11-16,19-30,43-48,55-60,65-68,97-98H,17-18,31-42,81-82H2,1-10H3,(H,83,99)(H,84,100)(H,85,113)(H,86,114)(H,87,107)(H,88,108)(H,89,111)(H,90,112)(H,91,105)(H,92,106)(H,93,109)(H,94,110)(H,95,115)(H,96,116)(H,101,102)(H,103,104)/t47-,48-,55+,56+,57+,58+,59+,60+,65+,66+,67+,68+/m1/s1. The van der Waals surface area contributed by atoms with Gasteiger partial charge in [-0.15, -0.1) is 0 Å². The maximum atomic E-state index is 14.2. The van der Waals surface area contributed by atoms with Gasteiger partial charge in [0.05, 0.1) is 25.2 Å². The van der Waals surface area contributed by atoms with Crippen molar-refractivity contribution in [1.29, 1.82) is 0 Å². The zero-order valence-electron chi connectivity index (χ0n) is 67.0. The van der Waals surface area contributed by atoms with Crippen LogP contribution in [0.25, 0.3) is 0 Å². The Morgan fingerprint density at radius 3 is 0.879 bits per heavy atom. The van der Waals surface area contributed by atoms with E-state index >= 15 is 0 Å². The molecule has 36 nitrogen and oxygen atoms in total. The summed E-state index contributed by atoms with van der Waals surface area (Å²) >= 11 is 0. The Balaban J connectivity index is 1.27. The Bertz CT molecular complexity index is 3730. The van der Waals surface area contributed by atoms with E-state index in [0.29, 0.717) is 35.1 Å². The molecule has 0 fully saturated rings. The molecule has 0 aliphatic heterocycles. The number of nitrogens with two attached hydrogens (primary N) is 2. The predicted molar refractivity (Wildman–Crippen MR) is 425 cm³/mol. The van der Waals surface area contributed by atoms with Crippen LogP contribution in [0, 0.1) is 23.7 Å². The van der Waals surface area contributed by atoms with Crippen molar-refractivity contribution >= 4 is 94.6 Å². The third kappa shape index (κ3) is 34.7. The van der Waals surface area contributed by atoms with Gasteiger partial charge in [0.25, 0.3) is 0 Å². The number of benzene rings is 4. The van der Waals surface area contributed by atoms with E-state index in [4.69, 9.17) is 11.5 Å². The molecule has 0 aromatic heterocycles. The molecule has 0 aliphatic rings. The van der Waals surface area contributed by atoms with Crippen molar-refractivity contribution < 1.29 is 97.1 Å². The van der Waals surface area contributed by atoms with E-state index in [1.807, 2.05) is 0 Å². The fourth-order valence-corrected chi connectivity index (χ4v) is 11.6. The number of aliphatic carboxylic acids is 2. The van der Waals surface area contributed by atoms with Gasteiger partial charge in [-0.2, -0.15) is 0 Å². The highest BCUT2D eigenvalue weighted by atomic mass is 16.4. The first kappa shape index (κ1) is 96.3. The van der Waals surface area contributed by atoms with Crippen LogP contribution in [0.4, 0.5) is 0 Å². The van der Waals surface area contributed by atoms with Gasteiger partial charge in [-0.25, -0.2) is 0 Å². The highest BCUT2D eigenvalue weighted by Gasteiger charge is 2.38. The van der Waals surface area contributed by atoms with E-state index in [9.17, 15) is 97.1 Å². The molecule has 4 aromatic carbocycles. The lowest BCUT2D eigenvalue weighted by Crippen LogP contribution is -2.61. The predicted octanol–water partition coefficient (Wildman–Crippen LogP) is -1.49. The monoisotopic (exact) mass is 1620 g/mol. The number of carboxylic acids is 2. The molecule has 4 rings (SSSR count). The van der Waals surface area contributed by atoms with Crippen LogP contribution in [0.15, 0.2) is 109 Å². The van der Waals surface area contributed by atoms with E-state index in [0.717, 1.165) is 0 Å². The minimum Gasteiger partial charge on any atom is -0.508 e. The Labute approximate surface area is 673 Å². The number of phenols is 2. The van der Waals surface area contributed by atoms with Gasteiger partial charge >= 0.3 is 11.9 Å². The molecule has 116 heavy (non-hydrogen) atoms. The number of phenolic OH excluding ortho intramolecular Hbond substituents is 2. The summed E-state index contributed by atoms with van der Waals surface area (Å²) in [4.78, 5) is 215. The first-order chi connectivity index (χ1) is 54.7. The molecule has 0 radical (unpaired) electrons. The van der Waals surface area contributed by atoms with Gasteiger partial charge in [-0.3, -0.25) is 76.7 Å². The van der Waals surface area contributed by atoms with Crippen LogP contribution in [0.1, 0.15) is 130 Å². The van der Waals surface area contributed by atoms with Crippen molar-refractivity contribution in [3.63, 3.8) is 0 Å². The molecule has 0 spiro atoms. The molecular weight excluding hydrogens is 1500 g/mol.